The quantitative estimate of drug-likeness (QED) is 0.642. The number of carbonyl (C=O) groups excluding carboxylic acids is 1. The number of aromatic nitrogens is 1. The monoisotopic (exact) mass is 462 g/mol. The van der Waals surface area contributed by atoms with Crippen LogP contribution in [0.2, 0.25) is 0 Å². The average molecular weight is 465 g/mol. The maximum absolute atomic E-state index is 12.4. The van der Waals surface area contributed by atoms with E-state index in [1.807, 2.05) is 35.0 Å². The van der Waals surface area contributed by atoms with Crippen LogP contribution in [0.5, 0.6) is 0 Å². The second-order valence-corrected chi connectivity index (χ2v) is 7.00. The molecule has 0 fully saturated rings. The van der Waals surface area contributed by atoms with Crippen molar-refractivity contribution in [2.45, 2.75) is 19.9 Å². The summed E-state index contributed by atoms with van der Waals surface area (Å²) in [5, 5.41) is 2.92. The lowest BCUT2D eigenvalue weighted by Crippen LogP contribution is -2.17. The predicted octanol–water partition coefficient (Wildman–Crippen LogP) is 5.44. The van der Waals surface area contributed by atoms with Gasteiger partial charge in [-0.2, -0.15) is 0 Å². The Morgan fingerprint density at radius 1 is 1.20 bits per heavy atom. The highest BCUT2D eigenvalue weighted by Gasteiger charge is 2.14. The van der Waals surface area contributed by atoms with Crippen molar-refractivity contribution in [2.75, 3.05) is 5.32 Å². The average Bonchev–Trinajstić information content (AvgIpc) is 2.74. The van der Waals surface area contributed by atoms with Crippen LogP contribution >= 0.6 is 47.8 Å². The number of nitrogens with one attached hydrogen (secondary N) is 1. The van der Waals surface area contributed by atoms with E-state index in [-0.39, 0.29) is 5.91 Å². The van der Waals surface area contributed by atoms with Crippen LogP contribution in [-0.2, 0) is 6.54 Å². The number of carbonyl (C=O) groups is 1. The van der Waals surface area contributed by atoms with E-state index in [4.69, 9.17) is 0 Å². The molecule has 0 saturated carbocycles. The number of halogens is 3. The maximum Gasteiger partial charge on any atom is 0.272 e. The molecule has 1 N–H and O–H groups in total. The minimum atomic E-state index is -0.118. The number of anilines is 1. The van der Waals surface area contributed by atoms with Crippen LogP contribution in [0.25, 0.3) is 0 Å². The zero-order valence-electron chi connectivity index (χ0n) is 10.8. The van der Waals surface area contributed by atoms with Crippen molar-refractivity contribution in [3.8, 4) is 0 Å². The molecule has 2 rings (SSSR count). The summed E-state index contributed by atoms with van der Waals surface area (Å²) in [6.07, 6.45) is 2.90. The van der Waals surface area contributed by atoms with Crippen LogP contribution in [0.1, 0.15) is 23.8 Å². The third-order valence-corrected chi connectivity index (χ3v) is 4.32. The molecule has 0 aliphatic rings. The maximum atomic E-state index is 12.4. The summed E-state index contributed by atoms with van der Waals surface area (Å²) < 4.78 is 4.66. The molecule has 0 saturated heterocycles. The molecule has 3 nitrogen and oxygen atoms in total. The largest absolute Gasteiger partial charge is 0.342 e. The lowest BCUT2D eigenvalue weighted by Gasteiger charge is -2.10. The zero-order chi connectivity index (χ0) is 14.7. The smallest absolute Gasteiger partial charge is 0.272 e. The minimum Gasteiger partial charge on any atom is -0.342 e. The molecule has 2 aromatic rings. The summed E-state index contributed by atoms with van der Waals surface area (Å²) in [6, 6.07) is 7.48. The third-order valence-electron chi connectivity index (χ3n) is 2.74. The van der Waals surface area contributed by atoms with Crippen LogP contribution in [0.15, 0.2) is 43.9 Å². The van der Waals surface area contributed by atoms with Gasteiger partial charge in [-0.05, 0) is 62.5 Å². The summed E-state index contributed by atoms with van der Waals surface area (Å²) in [6.45, 7) is 2.90. The van der Waals surface area contributed by atoms with E-state index < -0.39 is 0 Å². The molecule has 1 heterocycles. The molecule has 0 spiro atoms. The molecule has 1 aromatic carbocycles. The van der Waals surface area contributed by atoms with Crippen molar-refractivity contribution < 1.29 is 4.79 Å². The molecule has 6 heteroatoms. The van der Waals surface area contributed by atoms with Crippen LogP contribution in [0.4, 0.5) is 5.69 Å². The fraction of sp³-hybridized carbons (Fsp3) is 0.214. The van der Waals surface area contributed by atoms with Crippen molar-refractivity contribution in [3.05, 3.63) is 49.6 Å². The highest BCUT2D eigenvalue weighted by Crippen LogP contribution is 2.27. The van der Waals surface area contributed by atoms with Gasteiger partial charge in [-0.15, -0.1) is 0 Å². The molecule has 106 valence electrons. The zero-order valence-corrected chi connectivity index (χ0v) is 15.5. The fourth-order valence-electron chi connectivity index (χ4n) is 1.87. The first-order valence-electron chi connectivity index (χ1n) is 6.13. The molecule has 0 unspecified atom stereocenters. The number of aryl methyl sites for hydroxylation is 1. The number of rotatable bonds is 4. The Morgan fingerprint density at radius 3 is 2.60 bits per heavy atom. The van der Waals surface area contributed by atoms with E-state index in [9.17, 15) is 4.79 Å². The standard InChI is InChI=1S/C14H13Br3N2O/c1-2-5-19-8-10(16)7-13(19)14(20)18-12-4-3-9(15)6-11(12)17/h3-4,6-8H,2,5H2,1H3,(H,18,20). The van der Waals surface area contributed by atoms with Gasteiger partial charge in [0.2, 0.25) is 0 Å². The lowest BCUT2D eigenvalue weighted by atomic mass is 10.3. The van der Waals surface area contributed by atoms with Gasteiger partial charge in [0.25, 0.3) is 5.91 Å². The van der Waals surface area contributed by atoms with Gasteiger partial charge in [-0.3, -0.25) is 4.79 Å². The van der Waals surface area contributed by atoms with Gasteiger partial charge in [0.05, 0.1) is 5.69 Å². The molecular formula is C14H13Br3N2O. The molecule has 1 aromatic heterocycles. The van der Waals surface area contributed by atoms with Gasteiger partial charge in [-0.25, -0.2) is 0 Å². The van der Waals surface area contributed by atoms with Crippen LogP contribution in [0.3, 0.4) is 0 Å². The molecule has 0 aliphatic carbocycles. The van der Waals surface area contributed by atoms with Crippen molar-refractivity contribution in [1.82, 2.24) is 4.57 Å². The topological polar surface area (TPSA) is 34.0 Å². The van der Waals surface area contributed by atoms with E-state index in [0.29, 0.717) is 5.69 Å². The van der Waals surface area contributed by atoms with E-state index in [1.54, 1.807) is 0 Å². The van der Waals surface area contributed by atoms with Gasteiger partial charge in [0, 0.05) is 26.2 Å². The molecule has 0 bridgehead atoms. The Bertz CT molecular complexity index is 637. The lowest BCUT2D eigenvalue weighted by molar-refractivity contribution is 0.101. The van der Waals surface area contributed by atoms with Crippen molar-refractivity contribution in [1.29, 1.82) is 0 Å². The second kappa shape index (κ2) is 6.91. The highest BCUT2D eigenvalue weighted by atomic mass is 79.9. The second-order valence-electron chi connectivity index (χ2n) is 4.32. The van der Waals surface area contributed by atoms with Crippen molar-refractivity contribution in [2.24, 2.45) is 0 Å². The third kappa shape index (κ3) is 3.74. The van der Waals surface area contributed by atoms with Gasteiger partial charge >= 0.3 is 0 Å². The first-order chi connectivity index (χ1) is 9.51. The summed E-state index contributed by atoms with van der Waals surface area (Å²) >= 11 is 10.2. The van der Waals surface area contributed by atoms with Crippen molar-refractivity contribution in [3.63, 3.8) is 0 Å². The molecule has 0 aliphatic heterocycles. The first-order valence-corrected chi connectivity index (χ1v) is 8.51. The summed E-state index contributed by atoms with van der Waals surface area (Å²) in [4.78, 5) is 12.4. The number of hydrogen-bond donors (Lipinski definition) is 1. The van der Waals surface area contributed by atoms with Gasteiger partial charge in [0.1, 0.15) is 5.69 Å². The van der Waals surface area contributed by atoms with Crippen LogP contribution in [-0.4, -0.2) is 10.5 Å². The Morgan fingerprint density at radius 2 is 1.95 bits per heavy atom. The molecular weight excluding hydrogens is 452 g/mol. The minimum absolute atomic E-state index is 0.118. The van der Waals surface area contributed by atoms with Gasteiger partial charge in [0.15, 0.2) is 0 Å². The van der Waals surface area contributed by atoms with E-state index in [0.717, 1.165) is 32.1 Å². The fourth-order valence-corrected chi connectivity index (χ4v) is 3.48. The Hall–Kier alpha value is -0.590. The Kier molecular flexibility index (Phi) is 5.46. The van der Waals surface area contributed by atoms with Crippen LogP contribution < -0.4 is 5.32 Å². The molecule has 0 radical (unpaired) electrons. The summed E-state index contributed by atoms with van der Waals surface area (Å²) in [5.74, 6) is -0.118. The highest BCUT2D eigenvalue weighted by molar-refractivity contribution is 9.11. The van der Waals surface area contributed by atoms with E-state index >= 15 is 0 Å². The van der Waals surface area contributed by atoms with Crippen LogP contribution in [0, 0.1) is 0 Å². The molecule has 0 atom stereocenters. The summed E-state index contributed by atoms with van der Waals surface area (Å²) in [5.41, 5.74) is 1.40. The van der Waals surface area contributed by atoms with Gasteiger partial charge in [-0.1, -0.05) is 22.9 Å². The Balaban J connectivity index is 2.23. The number of amides is 1. The Labute approximate surface area is 143 Å². The number of benzene rings is 1. The van der Waals surface area contributed by atoms with E-state index in [1.165, 1.54) is 0 Å². The van der Waals surface area contributed by atoms with E-state index in [2.05, 4.69) is 60.0 Å². The first kappa shape index (κ1) is 15.8. The normalized spacial score (nSPS) is 10.6. The molecule has 1 amide bonds. The SMILES string of the molecule is CCCn1cc(Br)cc1C(=O)Nc1ccc(Br)cc1Br. The van der Waals surface area contributed by atoms with Crippen molar-refractivity contribution >= 4 is 59.4 Å². The predicted molar refractivity (Wildman–Crippen MR) is 92.2 cm³/mol. The number of hydrogen-bond acceptors (Lipinski definition) is 1. The van der Waals surface area contributed by atoms with Gasteiger partial charge < -0.3 is 9.88 Å². The number of nitrogens with zero attached hydrogens (tertiary/aromatic N) is 1. The molecule has 20 heavy (non-hydrogen) atoms. The summed E-state index contributed by atoms with van der Waals surface area (Å²) in [7, 11) is 0.